The Morgan fingerprint density at radius 3 is 2.25 bits per heavy atom. The number of rotatable bonds is 8. The maximum absolute atomic E-state index is 12.1. The van der Waals surface area contributed by atoms with E-state index in [0.717, 1.165) is 22.3 Å². The lowest BCUT2D eigenvalue weighted by molar-refractivity contribution is -0.141. The van der Waals surface area contributed by atoms with Crippen molar-refractivity contribution in [1.29, 1.82) is 0 Å². The number of benzene rings is 2. The van der Waals surface area contributed by atoms with Gasteiger partial charge in [0.05, 0.1) is 12.5 Å². The van der Waals surface area contributed by atoms with Gasteiger partial charge in [0.1, 0.15) is 6.61 Å². The normalized spacial score (nSPS) is 12.5. The maximum Gasteiger partial charge on any atom is 0.407 e. The lowest BCUT2D eigenvalue weighted by Gasteiger charge is -2.14. The van der Waals surface area contributed by atoms with Crippen molar-refractivity contribution in [3.8, 4) is 23.0 Å². The van der Waals surface area contributed by atoms with Crippen LogP contribution in [0.5, 0.6) is 0 Å². The highest BCUT2D eigenvalue weighted by molar-refractivity contribution is 5.93. The number of carboxylic acids is 1. The third kappa shape index (κ3) is 5.67. The molecule has 166 valence electrons. The molecule has 1 aliphatic carbocycles. The predicted molar refractivity (Wildman–Crippen MR) is 120 cm³/mol. The van der Waals surface area contributed by atoms with Gasteiger partial charge in [0, 0.05) is 12.5 Å². The average molecular weight is 434 g/mol. The summed E-state index contributed by atoms with van der Waals surface area (Å²) in [6.07, 6.45) is 0.574. The highest BCUT2D eigenvalue weighted by Gasteiger charge is 2.28. The van der Waals surface area contributed by atoms with Crippen LogP contribution in [0.25, 0.3) is 11.1 Å². The molecular formula is C25H26N2O5. The zero-order valence-corrected chi connectivity index (χ0v) is 17.9. The van der Waals surface area contributed by atoms with Gasteiger partial charge in [-0.25, -0.2) is 4.79 Å². The summed E-state index contributed by atoms with van der Waals surface area (Å²) in [6, 6.07) is 16.1. The van der Waals surface area contributed by atoms with Crippen molar-refractivity contribution in [2.24, 2.45) is 5.92 Å². The van der Waals surface area contributed by atoms with Crippen LogP contribution in [0.3, 0.4) is 0 Å². The zero-order valence-electron chi connectivity index (χ0n) is 17.9. The van der Waals surface area contributed by atoms with E-state index in [1.807, 2.05) is 43.3 Å². The number of nitrogens with one attached hydrogen (secondary N) is 2. The van der Waals surface area contributed by atoms with Crippen molar-refractivity contribution in [2.75, 3.05) is 19.7 Å². The Morgan fingerprint density at radius 1 is 1.03 bits per heavy atom. The van der Waals surface area contributed by atoms with Crippen LogP contribution < -0.4 is 10.6 Å². The van der Waals surface area contributed by atoms with E-state index in [0.29, 0.717) is 12.8 Å². The van der Waals surface area contributed by atoms with Crippen LogP contribution in [0.2, 0.25) is 0 Å². The summed E-state index contributed by atoms with van der Waals surface area (Å²) in [6.45, 7) is 2.05. The number of fused-ring (bicyclic) bond motifs is 3. The van der Waals surface area contributed by atoms with Gasteiger partial charge in [-0.15, -0.1) is 0 Å². The summed E-state index contributed by atoms with van der Waals surface area (Å²) in [5.74, 6) is 2.68. The fraction of sp³-hybridized carbons (Fsp3) is 0.320. The minimum Gasteiger partial charge on any atom is -0.481 e. The highest BCUT2D eigenvalue weighted by atomic mass is 16.5. The number of carbonyl (C=O) groups excluding carboxylic acids is 2. The van der Waals surface area contributed by atoms with Gasteiger partial charge in [-0.05, 0) is 34.6 Å². The van der Waals surface area contributed by atoms with Crippen LogP contribution in [-0.2, 0) is 14.3 Å². The molecule has 1 unspecified atom stereocenters. The van der Waals surface area contributed by atoms with Crippen LogP contribution in [-0.4, -0.2) is 42.8 Å². The summed E-state index contributed by atoms with van der Waals surface area (Å²) >= 11 is 0. The molecule has 3 rings (SSSR count). The van der Waals surface area contributed by atoms with Crippen molar-refractivity contribution >= 4 is 18.0 Å². The minimum atomic E-state index is -0.947. The first-order valence-corrected chi connectivity index (χ1v) is 10.6. The first-order chi connectivity index (χ1) is 15.5. The Kier molecular flexibility index (Phi) is 7.87. The number of hydrogen-bond donors (Lipinski definition) is 3. The second kappa shape index (κ2) is 11.0. The van der Waals surface area contributed by atoms with E-state index in [9.17, 15) is 14.4 Å². The van der Waals surface area contributed by atoms with Crippen molar-refractivity contribution < 1.29 is 24.2 Å². The van der Waals surface area contributed by atoms with E-state index < -0.39 is 23.9 Å². The molecule has 0 aliphatic heterocycles. The van der Waals surface area contributed by atoms with E-state index in [4.69, 9.17) is 9.84 Å². The molecule has 2 aromatic rings. The first-order valence-electron chi connectivity index (χ1n) is 10.6. The number of carboxylic acid groups (broad SMARTS) is 1. The fourth-order valence-electron chi connectivity index (χ4n) is 3.81. The first kappa shape index (κ1) is 22.9. The van der Waals surface area contributed by atoms with Gasteiger partial charge < -0.3 is 20.5 Å². The van der Waals surface area contributed by atoms with E-state index in [-0.39, 0.29) is 25.6 Å². The Bertz CT molecular complexity index is 1010. The number of aliphatic carboxylic acids is 1. The zero-order chi connectivity index (χ0) is 22.9. The molecule has 0 heterocycles. The third-order valence-corrected chi connectivity index (χ3v) is 5.36. The largest absolute Gasteiger partial charge is 0.481 e. The van der Waals surface area contributed by atoms with Crippen LogP contribution >= 0.6 is 0 Å². The monoisotopic (exact) mass is 434 g/mol. The van der Waals surface area contributed by atoms with Gasteiger partial charge in [0.15, 0.2) is 0 Å². The highest BCUT2D eigenvalue weighted by Crippen LogP contribution is 2.44. The molecule has 7 nitrogen and oxygen atoms in total. The molecule has 2 aromatic carbocycles. The summed E-state index contributed by atoms with van der Waals surface area (Å²) in [5.41, 5.74) is 4.55. The Hall–Kier alpha value is -3.79. The summed E-state index contributed by atoms with van der Waals surface area (Å²) in [5, 5.41) is 14.1. The number of carbonyl (C=O) groups is 3. The van der Waals surface area contributed by atoms with Crippen molar-refractivity contribution in [3.63, 3.8) is 0 Å². The summed E-state index contributed by atoms with van der Waals surface area (Å²) < 4.78 is 5.40. The number of alkyl carbamates (subject to hydrolysis) is 1. The van der Waals surface area contributed by atoms with Crippen molar-refractivity contribution in [1.82, 2.24) is 10.6 Å². The average Bonchev–Trinajstić information content (AvgIpc) is 3.11. The Balaban J connectivity index is 1.45. The molecule has 1 atom stereocenters. The molecule has 7 heteroatoms. The predicted octanol–water partition coefficient (Wildman–Crippen LogP) is 3.15. The second-order valence-corrected chi connectivity index (χ2v) is 7.51. The summed E-state index contributed by atoms with van der Waals surface area (Å²) in [7, 11) is 0. The standard InChI is InChI=1S/C25H26N2O5/c1-2-8-17(24(29)30)15-27-23(28)13-7-14-26-25(31)32-16-22-20-11-5-3-9-18(20)19-10-4-6-12-21(19)22/h3-6,9-12,17,22H,2,8,14-16H2,1H3,(H,26,31)(H,27,28)(H,29,30). The molecule has 0 fully saturated rings. The maximum atomic E-state index is 12.1. The lowest BCUT2D eigenvalue weighted by Crippen LogP contribution is -2.32. The van der Waals surface area contributed by atoms with Gasteiger partial charge in [0.2, 0.25) is 0 Å². The number of hydrogen-bond acceptors (Lipinski definition) is 4. The summed E-state index contributed by atoms with van der Waals surface area (Å²) in [4.78, 5) is 34.9. The Morgan fingerprint density at radius 2 is 1.66 bits per heavy atom. The smallest absolute Gasteiger partial charge is 0.407 e. The van der Waals surface area contributed by atoms with Gasteiger partial charge in [-0.3, -0.25) is 9.59 Å². The van der Waals surface area contributed by atoms with Crippen molar-refractivity contribution in [2.45, 2.75) is 25.7 Å². The molecule has 3 N–H and O–H groups in total. The SMILES string of the molecule is CCCC(CNC(=O)C#CCNC(=O)OCC1c2ccccc2-c2ccccc21)C(=O)O. The molecule has 0 spiro atoms. The topological polar surface area (TPSA) is 105 Å². The third-order valence-electron chi connectivity index (χ3n) is 5.36. The van der Waals surface area contributed by atoms with E-state index in [1.54, 1.807) is 0 Å². The van der Waals surface area contributed by atoms with E-state index in [2.05, 4.69) is 34.6 Å². The molecule has 1 aliphatic rings. The van der Waals surface area contributed by atoms with Crippen LogP contribution in [0.4, 0.5) is 4.79 Å². The van der Waals surface area contributed by atoms with Crippen LogP contribution in [0.15, 0.2) is 48.5 Å². The van der Waals surface area contributed by atoms with Crippen LogP contribution in [0.1, 0.15) is 36.8 Å². The fourth-order valence-corrected chi connectivity index (χ4v) is 3.81. The van der Waals surface area contributed by atoms with E-state index >= 15 is 0 Å². The van der Waals surface area contributed by atoms with Crippen LogP contribution in [0, 0.1) is 17.8 Å². The Labute approximate surface area is 187 Å². The molecule has 0 saturated heterocycles. The van der Waals surface area contributed by atoms with Gasteiger partial charge in [0.25, 0.3) is 5.91 Å². The quantitative estimate of drug-likeness (QED) is 0.554. The van der Waals surface area contributed by atoms with E-state index in [1.165, 1.54) is 0 Å². The molecule has 32 heavy (non-hydrogen) atoms. The lowest BCUT2D eigenvalue weighted by atomic mass is 9.98. The second-order valence-electron chi connectivity index (χ2n) is 7.51. The molecule has 0 radical (unpaired) electrons. The van der Waals surface area contributed by atoms with Gasteiger partial charge >= 0.3 is 12.1 Å². The van der Waals surface area contributed by atoms with Crippen molar-refractivity contribution in [3.05, 3.63) is 59.7 Å². The molecule has 0 saturated carbocycles. The minimum absolute atomic E-state index is 0.0243. The van der Waals surface area contributed by atoms with Gasteiger partial charge in [-0.2, -0.15) is 0 Å². The molecule has 0 aromatic heterocycles. The molecule has 2 amide bonds. The number of amides is 2. The molecule has 0 bridgehead atoms. The molecular weight excluding hydrogens is 408 g/mol. The number of ether oxygens (including phenoxy) is 1. The van der Waals surface area contributed by atoms with Gasteiger partial charge in [-0.1, -0.05) is 67.8 Å².